The maximum Gasteiger partial charge on any atom is 0.257 e. The predicted molar refractivity (Wildman–Crippen MR) is 99.4 cm³/mol. The number of aromatic hydroxyl groups is 1. The highest BCUT2D eigenvalue weighted by molar-refractivity contribution is 6.31. The Morgan fingerprint density at radius 3 is 2.32 bits per heavy atom. The van der Waals surface area contributed by atoms with Gasteiger partial charge in [-0.3, -0.25) is 9.59 Å². The van der Waals surface area contributed by atoms with Gasteiger partial charge in [-0.05, 0) is 50.1 Å². The van der Waals surface area contributed by atoms with Gasteiger partial charge in [-0.15, -0.1) is 0 Å². The summed E-state index contributed by atoms with van der Waals surface area (Å²) in [5, 5.41) is 13.0. The van der Waals surface area contributed by atoms with Crippen molar-refractivity contribution in [2.45, 2.75) is 20.8 Å². The first kappa shape index (κ1) is 18.8. The van der Waals surface area contributed by atoms with Crippen LogP contribution in [0.15, 0.2) is 30.3 Å². The largest absolute Gasteiger partial charge is 0.507 e. The van der Waals surface area contributed by atoms with Crippen molar-refractivity contribution < 1.29 is 14.7 Å². The number of phenolic OH excluding ortho intramolecular Hbond substituents is 1. The van der Waals surface area contributed by atoms with E-state index in [4.69, 9.17) is 11.6 Å². The van der Waals surface area contributed by atoms with Gasteiger partial charge in [0.15, 0.2) is 0 Å². The molecule has 132 valence electrons. The van der Waals surface area contributed by atoms with Crippen molar-refractivity contribution in [2.24, 2.45) is 0 Å². The fourth-order valence-corrected chi connectivity index (χ4v) is 2.90. The Labute approximate surface area is 152 Å². The van der Waals surface area contributed by atoms with Gasteiger partial charge in [0.2, 0.25) is 5.91 Å². The SMILES string of the molecule is Cc1cc(C)c(NC(=O)CN(C)C(=O)c2cc(Cl)ccc2O)c(C)c1. The Morgan fingerprint density at radius 1 is 1.12 bits per heavy atom. The monoisotopic (exact) mass is 360 g/mol. The van der Waals surface area contributed by atoms with Crippen molar-refractivity contribution in [3.63, 3.8) is 0 Å². The van der Waals surface area contributed by atoms with Gasteiger partial charge in [-0.1, -0.05) is 29.3 Å². The lowest BCUT2D eigenvalue weighted by molar-refractivity contribution is -0.116. The number of anilines is 1. The Bertz CT molecular complexity index is 810. The highest BCUT2D eigenvalue weighted by atomic mass is 35.5. The maximum absolute atomic E-state index is 12.4. The van der Waals surface area contributed by atoms with Crippen LogP contribution < -0.4 is 5.32 Å². The van der Waals surface area contributed by atoms with E-state index >= 15 is 0 Å². The molecule has 2 N–H and O–H groups in total. The molecule has 0 spiro atoms. The number of likely N-dealkylation sites (N-methyl/N-ethyl adjacent to an activating group) is 1. The number of aryl methyl sites for hydroxylation is 3. The first-order chi connectivity index (χ1) is 11.7. The van der Waals surface area contributed by atoms with E-state index < -0.39 is 5.91 Å². The molecule has 0 heterocycles. The second kappa shape index (κ2) is 7.57. The number of nitrogens with zero attached hydrogens (tertiary/aromatic N) is 1. The third-order valence-electron chi connectivity index (χ3n) is 3.86. The minimum absolute atomic E-state index is 0.0606. The predicted octanol–water partition coefficient (Wildman–Crippen LogP) is 3.68. The Morgan fingerprint density at radius 2 is 1.72 bits per heavy atom. The van der Waals surface area contributed by atoms with Gasteiger partial charge in [0.25, 0.3) is 5.91 Å². The van der Waals surface area contributed by atoms with Crippen molar-refractivity contribution in [2.75, 3.05) is 18.9 Å². The normalized spacial score (nSPS) is 10.4. The Hall–Kier alpha value is -2.53. The van der Waals surface area contributed by atoms with Crippen LogP contribution in [-0.4, -0.2) is 35.4 Å². The molecular weight excluding hydrogens is 340 g/mol. The first-order valence-corrected chi connectivity index (χ1v) is 8.18. The van der Waals surface area contributed by atoms with Crippen LogP contribution in [0.4, 0.5) is 5.69 Å². The van der Waals surface area contributed by atoms with E-state index in [1.54, 1.807) is 0 Å². The topological polar surface area (TPSA) is 69.6 Å². The van der Waals surface area contributed by atoms with E-state index in [0.717, 1.165) is 22.4 Å². The van der Waals surface area contributed by atoms with Crippen molar-refractivity contribution in [3.8, 4) is 5.75 Å². The lowest BCUT2D eigenvalue weighted by Gasteiger charge is -2.19. The van der Waals surface area contributed by atoms with Crippen molar-refractivity contribution in [3.05, 3.63) is 57.6 Å². The standard InChI is InChI=1S/C19H21ClN2O3/c1-11-7-12(2)18(13(3)8-11)21-17(24)10-22(4)19(25)15-9-14(20)5-6-16(15)23/h5-9,23H,10H2,1-4H3,(H,21,24). The number of benzene rings is 2. The molecule has 0 radical (unpaired) electrons. The molecule has 0 saturated heterocycles. The van der Waals surface area contributed by atoms with E-state index in [1.165, 1.54) is 30.1 Å². The van der Waals surface area contributed by atoms with Crippen LogP contribution in [-0.2, 0) is 4.79 Å². The molecule has 0 saturated carbocycles. The van der Waals surface area contributed by atoms with Crippen LogP contribution in [0.2, 0.25) is 5.02 Å². The van der Waals surface area contributed by atoms with Gasteiger partial charge in [-0.25, -0.2) is 0 Å². The quantitative estimate of drug-likeness (QED) is 0.873. The second-order valence-electron chi connectivity index (χ2n) is 6.14. The maximum atomic E-state index is 12.4. The van der Waals surface area contributed by atoms with E-state index in [2.05, 4.69) is 5.32 Å². The summed E-state index contributed by atoms with van der Waals surface area (Å²) in [5.74, 6) is -0.966. The molecule has 0 atom stereocenters. The Balaban J connectivity index is 2.10. The van der Waals surface area contributed by atoms with Gasteiger partial charge in [0.1, 0.15) is 5.75 Å². The molecule has 0 bridgehead atoms. The number of hydrogen-bond acceptors (Lipinski definition) is 3. The first-order valence-electron chi connectivity index (χ1n) is 7.80. The Kier molecular flexibility index (Phi) is 5.69. The number of nitrogens with one attached hydrogen (secondary N) is 1. The van der Waals surface area contributed by atoms with E-state index in [1.807, 2.05) is 32.9 Å². The van der Waals surface area contributed by atoms with Gasteiger partial charge in [0.05, 0.1) is 12.1 Å². The van der Waals surface area contributed by atoms with Crippen LogP contribution in [0, 0.1) is 20.8 Å². The molecule has 0 aliphatic rings. The molecule has 2 aromatic rings. The molecule has 0 unspecified atom stereocenters. The summed E-state index contributed by atoms with van der Waals surface area (Å²) in [6.07, 6.45) is 0. The minimum atomic E-state index is -0.479. The van der Waals surface area contributed by atoms with Crippen LogP contribution >= 0.6 is 11.6 Å². The zero-order valence-corrected chi connectivity index (χ0v) is 15.4. The van der Waals surface area contributed by atoms with Crippen molar-refractivity contribution >= 4 is 29.1 Å². The summed E-state index contributed by atoms with van der Waals surface area (Å²) in [4.78, 5) is 26.0. The smallest absolute Gasteiger partial charge is 0.257 e. The molecule has 2 rings (SSSR count). The molecule has 0 aromatic heterocycles. The zero-order chi connectivity index (χ0) is 18.7. The fourth-order valence-electron chi connectivity index (χ4n) is 2.73. The zero-order valence-electron chi connectivity index (χ0n) is 14.7. The molecule has 2 amide bonds. The molecule has 0 aliphatic carbocycles. The number of hydrogen-bond donors (Lipinski definition) is 2. The number of carbonyl (C=O) groups is 2. The summed E-state index contributed by atoms with van der Waals surface area (Å²) in [5.41, 5.74) is 3.86. The second-order valence-corrected chi connectivity index (χ2v) is 6.58. The average Bonchev–Trinajstić information content (AvgIpc) is 2.52. The number of halogens is 1. The van der Waals surface area contributed by atoms with Crippen molar-refractivity contribution in [1.29, 1.82) is 0 Å². The third kappa shape index (κ3) is 4.51. The van der Waals surface area contributed by atoms with Crippen LogP contribution in [0.3, 0.4) is 0 Å². The summed E-state index contributed by atoms with van der Waals surface area (Å²) in [6, 6.07) is 8.19. The van der Waals surface area contributed by atoms with Crippen LogP contribution in [0.1, 0.15) is 27.0 Å². The summed E-state index contributed by atoms with van der Waals surface area (Å²) >= 11 is 5.87. The fraction of sp³-hybridized carbons (Fsp3) is 0.263. The van der Waals surface area contributed by atoms with Crippen LogP contribution in [0.5, 0.6) is 5.75 Å². The molecule has 0 fully saturated rings. The summed E-state index contributed by atoms with van der Waals surface area (Å²) in [6.45, 7) is 5.70. The van der Waals surface area contributed by atoms with E-state index in [0.29, 0.717) is 5.02 Å². The van der Waals surface area contributed by atoms with Gasteiger partial charge in [-0.2, -0.15) is 0 Å². The number of amides is 2. The molecule has 5 nitrogen and oxygen atoms in total. The molecule has 25 heavy (non-hydrogen) atoms. The average molecular weight is 361 g/mol. The van der Waals surface area contributed by atoms with Gasteiger partial charge in [0, 0.05) is 17.8 Å². The van der Waals surface area contributed by atoms with Crippen molar-refractivity contribution in [1.82, 2.24) is 4.90 Å². The number of carbonyl (C=O) groups excluding carboxylic acids is 2. The molecule has 0 aliphatic heterocycles. The lowest BCUT2D eigenvalue weighted by Crippen LogP contribution is -2.35. The summed E-state index contributed by atoms with van der Waals surface area (Å²) in [7, 11) is 1.50. The van der Waals surface area contributed by atoms with Gasteiger partial charge >= 0.3 is 0 Å². The highest BCUT2D eigenvalue weighted by Gasteiger charge is 2.19. The van der Waals surface area contributed by atoms with E-state index in [9.17, 15) is 14.7 Å². The minimum Gasteiger partial charge on any atom is -0.507 e. The third-order valence-corrected chi connectivity index (χ3v) is 4.09. The molecular formula is C19H21ClN2O3. The molecule has 2 aromatic carbocycles. The summed E-state index contributed by atoms with van der Waals surface area (Å²) < 4.78 is 0. The molecule has 6 heteroatoms. The lowest BCUT2D eigenvalue weighted by atomic mass is 10.1. The number of rotatable bonds is 4. The van der Waals surface area contributed by atoms with E-state index in [-0.39, 0.29) is 23.8 Å². The van der Waals surface area contributed by atoms with Crippen LogP contribution in [0.25, 0.3) is 0 Å². The highest BCUT2D eigenvalue weighted by Crippen LogP contribution is 2.23. The number of phenols is 1. The van der Waals surface area contributed by atoms with Gasteiger partial charge < -0.3 is 15.3 Å².